The molecular weight excluding hydrogens is 352 g/mol. The standard InChI is InChI=1S/C23H30N2O3/c1-3-5-6-7-17-28-21-15-9-18(10-16-21)23(27)25-20-13-11-19(12-14-20)24-22(26)8-4-2/h9-16H,3-8,17H2,1-2H3,(H,24,26)(H,25,27). The highest BCUT2D eigenvalue weighted by atomic mass is 16.5. The van der Waals surface area contributed by atoms with Gasteiger partial charge in [0.05, 0.1) is 6.61 Å². The highest BCUT2D eigenvalue weighted by Gasteiger charge is 2.07. The molecule has 2 amide bonds. The zero-order valence-corrected chi connectivity index (χ0v) is 16.8. The highest BCUT2D eigenvalue weighted by molar-refractivity contribution is 6.04. The van der Waals surface area contributed by atoms with Crippen molar-refractivity contribution >= 4 is 23.2 Å². The van der Waals surface area contributed by atoms with E-state index < -0.39 is 0 Å². The molecule has 0 aliphatic heterocycles. The SMILES string of the molecule is CCCCCCOc1ccc(C(=O)Nc2ccc(NC(=O)CCC)cc2)cc1. The van der Waals surface area contributed by atoms with Gasteiger partial charge in [-0.2, -0.15) is 0 Å². The van der Waals surface area contributed by atoms with Gasteiger partial charge in [-0.25, -0.2) is 0 Å². The molecule has 2 rings (SSSR count). The number of hydrogen-bond acceptors (Lipinski definition) is 3. The first-order valence-corrected chi connectivity index (χ1v) is 10.1. The molecule has 150 valence electrons. The van der Waals surface area contributed by atoms with Gasteiger partial charge in [0.1, 0.15) is 5.75 Å². The van der Waals surface area contributed by atoms with Gasteiger partial charge in [-0.3, -0.25) is 9.59 Å². The Balaban J connectivity index is 1.82. The summed E-state index contributed by atoms with van der Waals surface area (Å²) in [5.74, 6) is 0.587. The van der Waals surface area contributed by atoms with E-state index in [0.29, 0.717) is 24.3 Å². The minimum Gasteiger partial charge on any atom is -0.494 e. The van der Waals surface area contributed by atoms with Crippen LogP contribution in [0.3, 0.4) is 0 Å². The number of anilines is 2. The van der Waals surface area contributed by atoms with Crippen LogP contribution < -0.4 is 15.4 Å². The predicted octanol–water partition coefficient (Wildman–Crippen LogP) is 5.64. The summed E-state index contributed by atoms with van der Waals surface area (Å²) in [7, 11) is 0. The lowest BCUT2D eigenvalue weighted by Gasteiger charge is -2.09. The van der Waals surface area contributed by atoms with E-state index in [1.165, 1.54) is 19.3 Å². The van der Waals surface area contributed by atoms with Crippen molar-refractivity contribution in [2.24, 2.45) is 0 Å². The summed E-state index contributed by atoms with van der Waals surface area (Å²) in [5.41, 5.74) is 1.96. The number of amides is 2. The van der Waals surface area contributed by atoms with Crippen LogP contribution in [0.5, 0.6) is 5.75 Å². The third-order valence-electron chi connectivity index (χ3n) is 4.29. The third-order valence-corrected chi connectivity index (χ3v) is 4.29. The molecular formula is C23H30N2O3. The molecule has 0 radical (unpaired) electrons. The van der Waals surface area contributed by atoms with Crippen LogP contribution in [0.1, 0.15) is 62.7 Å². The molecule has 5 nitrogen and oxygen atoms in total. The Morgan fingerprint density at radius 3 is 2.04 bits per heavy atom. The third kappa shape index (κ3) is 7.43. The van der Waals surface area contributed by atoms with Gasteiger partial charge >= 0.3 is 0 Å². The molecule has 2 N–H and O–H groups in total. The molecule has 0 aliphatic rings. The normalized spacial score (nSPS) is 10.4. The molecule has 0 heterocycles. The topological polar surface area (TPSA) is 67.4 Å². The Morgan fingerprint density at radius 1 is 0.786 bits per heavy atom. The number of carbonyl (C=O) groups is 2. The average Bonchev–Trinajstić information content (AvgIpc) is 2.70. The van der Waals surface area contributed by atoms with Gasteiger partial charge in [0.15, 0.2) is 0 Å². The number of benzene rings is 2. The molecule has 0 aromatic heterocycles. The minimum atomic E-state index is -0.183. The lowest BCUT2D eigenvalue weighted by molar-refractivity contribution is -0.116. The maximum Gasteiger partial charge on any atom is 0.255 e. The molecule has 0 spiro atoms. The van der Waals surface area contributed by atoms with E-state index in [1.54, 1.807) is 36.4 Å². The summed E-state index contributed by atoms with van der Waals surface area (Å²) in [6.45, 7) is 4.85. The van der Waals surface area contributed by atoms with Gasteiger partial charge in [0.2, 0.25) is 5.91 Å². The molecule has 0 aliphatic carbocycles. The quantitative estimate of drug-likeness (QED) is 0.494. The van der Waals surface area contributed by atoms with E-state index in [9.17, 15) is 9.59 Å². The Bertz CT molecular complexity index is 739. The van der Waals surface area contributed by atoms with E-state index in [0.717, 1.165) is 24.3 Å². The van der Waals surface area contributed by atoms with Crippen molar-refractivity contribution in [1.29, 1.82) is 0 Å². The smallest absolute Gasteiger partial charge is 0.255 e. The molecule has 0 atom stereocenters. The second-order valence-corrected chi connectivity index (χ2v) is 6.76. The summed E-state index contributed by atoms with van der Waals surface area (Å²) in [4.78, 5) is 24.0. The molecule has 0 fully saturated rings. The van der Waals surface area contributed by atoms with Crippen molar-refractivity contribution in [3.8, 4) is 5.75 Å². The summed E-state index contributed by atoms with van der Waals surface area (Å²) < 4.78 is 5.70. The number of ether oxygens (including phenoxy) is 1. The molecule has 0 saturated carbocycles. The lowest BCUT2D eigenvalue weighted by atomic mass is 10.2. The molecule has 28 heavy (non-hydrogen) atoms. The van der Waals surface area contributed by atoms with Crippen LogP contribution in [0.4, 0.5) is 11.4 Å². The highest BCUT2D eigenvalue weighted by Crippen LogP contribution is 2.17. The molecule has 0 saturated heterocycles. The number of hydrogen-bond donors (Lipinski definition) is 2. The van der Waals surface area contributed by atoms with Crippen molar-refractivity contribution in [1.82, 2.24) is 0 Å². The molecule has 5 heteroatoms. The van der Waals surface area contributed by atoms with Crippen molar-refractivity contribution in [3.63, 3.8) is 0 Å². The first-order valence-electron chi connectivity index (χ1n) is 10.1. The summed E-state index contributed by atoms with van der Waals surface area (Å²) >= 11 is 0. The second-order valence-electron chi connectivity index (χ2n) is 6.76. The van der Waals surface area contributed by atoms with E-state index in [-0.39, 0.29) is 11.8 Å². The van der Waals surface area contributed by atoms with Crippen LogP contribution in [-0.2, 0) is 4.79 Å². The largest absolute Gasteiger partial charge is 0.494 e. The van der Waals surface area contributed by atoms with Crippen molar-refractivity contribution in [2.75, 3.05) is 17.2 Å². The van der Waals surface area contributed by atoms with Gasteiger partial charge in [-0.15, -0.1) is 0 Å². The zero-order valence-electron chi connectivity index (χ0n) is 16.8. The fourth-order valence-corrected chi connectivity index (χ4v) is 2.71. The minimum absolute atomic E-state index is 0.00745. The Kier molecular flexibility index (Phi) is 9.05. The van der Waals surface area contributed by atoms with E-state index >= 15 is 0 Å². The number of rotatable bonds is 11. The fourth-order valence-electron chi connectivity index (χ4n) is 2.71. The van der Waals surface area contributed by atoms with Gasteiger partial charge in [0, 0.05) is 23.4 Å². The van der Waals surface area contributed by atoms with E-state index in [2.05, 4.69) is 17.6 Å². The van der Waals surface area contributed by atoms with Crippen LogP contribution in [0.25, 0.3) is 0 Å². The van der Waals surface area contributed by atoms with E-state index in [1.807, 2.05) is 19.1 Å². The van der Waals surface area contributed by atoms with Crippen LogP contribution >= 0.6 is 0 Å². The van der Waals surface area contributed by atoms with Crippen LogP contribution in [0, 0.1) is 0 Å². The van der Waals surface area contributed by atoms with Crippen LogP contribution in [0.15, 0.2) is 48.5 Å². The maximum absolute atomic E-state index is 12.4. The zero-order chi connectivity index (χ0) is 20.2. The summed E-state index contributed by atoms with van der Waals surface area (Å²) in [6.07, 6.45) is 5.97. The summed E-state index contributed by atoms with van der Waals surface area (Å²) in [6, 6.07) is 14.3. The molecule has 0 bridgehead atoms. The first-order chi connectivity index (χ1) is 13.6. The average molecular weight is 383 g/mol. The van der Waals surface area contributed by atoms with Gasteiger partial charge in [0.25, 0.3) is 5.91 Å². The number of unbranched alkanes of at least 4 members (excludes halogenated alkanes) is 3. The molecule has 0 unspecified atom stereocenters. The second kappa shape index (κ2) is 11.8. The van der Waals surface area contributed by atoms with Crippen LogP contribution in [-0.4, -0.2) is 18.4 Å². The van der Waals surface area contributed by atoms with Crippen molar-refractivity contribution in [3.05, 3.63) is 54.1 Å². The maximum atomic E-state index is 12.4. The molecule has 2 aromatic carbocycles. The first kappa shape index (κ1) is 21.5. The number of carbonyl (C=O) groups excluding carboxylic acids is 2. The molecule has 2 aromatic rings. The summed E-state index contributed by atoms with van der Waals surface area (Å²) in [5, 5.41) is 5.68. The van der Waals surface area contributed by atoms with Crippen molar-refractivity contribution in [2.45, 2.75) is 52.4 Å². The fraction of sp³-hybridized carbons (Fsp3) is 0.391. The lowest BCUT2D eigenvalue weighted by Crippen LogP contribution is -2.12. The Labute approximate surface area is 167 Å². The van der Waals surface area contributed by atoms with Crippen molar-refractivity contribution < 1.29 is 14.3 Å². The van der Waals surface area contributed by atoms with Gasteiger partial charge in [-0.1, -0.05) is 33.1 Å². The van der Waals surface area contributed by atoms with Gasteiger partial charge < -0.3 is 15.4 Å². The monoisotopic (exact) mass is 382 g/mol. The Hall–Kier alpha value is -2.82. The van der Waals surface area contributed by atoms with Gasteiger partial charge in [-0.05, 0) is 61.4 Å². The van der Waals surface area contributed by atoms with Crippen LogP contribution in [0.2, 0.25) is 0 Å². The van der Waals surface area contributed by atoms with E-state index in [4.69, 9.17) is 4.74 Å². The Morgan fingerprint density at radius 2 is 1.43 bits per heavy atom. The number of nitrogens with one attached hydrogen (secondary N) is 2. The predicted molar refractivity (Wildman–Crippen MR) is 114 cm³/mol.